The molecule has 0 aromatic carbocycles. The standard InChI is InChI=1S/C12H18N4O2S2/c13-10-11(16-7-8-19-12(16)15-10)20(17,18)14-6-5-9-3-1-2-4-9/h7-9,14H,1-6,13H2. The maximum atomic E-state index is 12.4. The molecule has 110 valence electrons. The number of anilines is 1. The van der Waals surface area contributed by atoms with Gasteiger partial charge in [0.05, 0.1) is 0 Å². The first-order valence-corrected chi connectivity index (χ1v) is 9.15. The molecule has 0 amide bonds. The van der Waals surface area contributed by atoms with Crippen molar-refractivity contribution in [2.45, 2.75) is 37.1 Å². The maximum absolute atomic E-state index is 12.4. The Kier molecular flexibility index (Phi) is 3.70. The monoisotopic (exact) mass is 314 g/mol. The molecule has 1 fully saturated rings. The van der Waals surface area contributed by atoms with E-state index in [1.54, 1.807) is 11.6 Å². The number of fused-ring (bicyclic) bond motifs is 1. The highest BCUT2D eigenvalue weighted by molar-refractivity contribution is 7.89. The average Bonchev–Trinajstić information content (AvgIpc) is 3.04. The zero-order valence-corrected chi connectivity index (χ0v) is 12.7. The Labute approximate surface area is 122 Å². The summed E-state index contributed by atoms with van der Waals surface area (Å²) >= 11 is 1.36. The Hall–Kier alpha value is -1.12. The molecule has 0 aliphatic heterocycles. The molecule has 6 nitrogen and oxygen atoms in total. The highest BCUT2D eigenvalue weighted by atomic mass is 32.2. The van der Waals surface area contributed by atoms with Crippen molar-refractivity contribution in [3.05, 3.63) is 11.6 Å². The summed E-state index contributed by atoms with van der Waals surface area (Å²) in [6.45, 7) is 0.462. The van der Waals surface area contributed by atoms with Gasteiger partial charge in [0.15, 0.2) is 15.8 Å². The fourth-order valence-corrected chi connectivity index (χ4v) is 4.84. The van der Waals surface area contributed by atoms with Crippen LogP contribution in [0.2, 0.25) is 0 Å². The summed E-state index contributed by atoms with van der Waals surface area (Å²) in [6, 6.07) is 0. The number of nitrogens with one attached hydrogen (secondary N) is 1. The SMILES string of the molecule is Nc1nc2sccn2c1S(=O)(=O)NCCC1CCCC1. The summed E-state index contributed by atoms with van der Waals surface area (Å²) < 4.78 is 28.9. The molecule has 0 saturated heterocycles. The normalized spacial score (nSPS) is 17.2. The number of rotatable bonds is 5. The van der Waals surface area contributed by atoms with E-state index < -0.39 is 10.0 Å². The number of thiazole rings is 1. The lowest BCUT2D eigenvalue weighted by Gasteiger charge is -2.10. The molecule has 0 radical (unpaired) electrons. The van der Waals surface area contributed by atoms with Crippen LogP contribution in [0.25, 0.3) is 4.96 Å². The molecule has 20 heavy (non-hydrogen) atoms. The molecule has 3 N–H and O–H groups in total. The maximum Gasteiger partial charge on any atom is 0.260 e. The van der Waals surface area contributed by atoms with Gasteiger partial charge in [0.1, 0.15) is 0 Å². The quantitative estimate of drug-likeness (QED) is 0.881. The Morgan fingerprint density at radius 2 is 2.20 bits per heavy atom. The second-order valence-corrected chi connectivity index (χ2v) is 7.75. The Balaban J connectivity index is 1.74. The Morgan fingerprint density at radius 1 is 1.45 bits per heavy atom. The van der Waals surface area contributed by atoms with Gasteiger partial charge in [0, 0.05) is 18.1 Å². The van der Waals surface area contributed by atoms with Gasteiger partial charge in [-0.1, -0.05) is 25.7 Å². The van der Waals surface area contributed by atoms with Crippen molar-refractivity contribution in [2.75, 3.05) is 12.3 Å². The van der Waals surface area contributed by atoms with Crippen LogP contribution in [0.15, 0.2) is 16.6 Å². The minimum atomic E-state index is -3.60. The fourth-order valence-electron chi connectivity index (χ4n) is 2.81. The summed E-state index contributed by atoms with van der Waals surface area (Å²) in [4.78, 5) is 4.66. The zero-order valence-electron chi connectivity index (χ0n) is 11.1. The third kappa shape index (κ3) is 2.55. The van der Waals surface area contributed by atoms with Gasteiger partial charge < -0.3 is 5.73 Å². The van der Waals surface area contributed by atoms with E-state index in [0.717, 1.165) is 6.42 Å². The third-order valence-electron chi connectivity index (χ3n) is 3.82. The van der Waals surface area contributed by atoms with Crippen LogP contribution in [-0.4, -0.2) is 24.3 Å². The van der Waals surface area contributed by atoms with Crippen molar-refractivity contribution in [2.24, 2.45) is 5.92 Å². The predicted octanol–water partition coefficient (Wildman–Crippen LogP) is 1.84. The summed E-state index contributed by atoms with van der Waals surface area (Å²) in [5, 5.41) is 1.85. The van der Waals surface area contributed by atoms with Crippen molar-refractivity contribution in [1.82, 2.24) is 14.1 Å². The van der Waals surface area contributed by atoms with E-state index in [1.165, 1.54) is 41.4 Å². The van der Waals surface area contributed by atoms with Crippen LogP contribution in [0, 0.1) is 5.92 Å². The van der Waals surface area contributed by atoms with Crippen LogP contribution in [0.5, 0.6) is 0 Å². The summed E-state index contributed by atoms with van der Waals surface area (Å²) in [5.41, 5.74) is 5.73. The first-order valence-electron chi connectivity index (χ1n) is 6.78. The number of imidazole rings is 1. The van der Waals surface area contributed by atoms with Crippen molar-refractivity contribution < 1.29 is 8.42 Å². The number of nitrogen functional groups attached to an aromatic ring is 1. The molecular formula is C12H18N4O2S2. The zero-order chi connectivity index (χ0) is 14.2. The number of nitrogens with two attached hydrogens (primary N) is 1. The minimum absolute atomic E-state index is 0.0557. The molecular weight excluding hydrogens is 296 g/mol. The molecule has 3 rings (SSSR count). The fraction of sp³-hybridized carbons (Fsp3) is 0.583. The van der Waals surface area contributed by atoms with Gasteiger partial charge in [-0.3, -0.25) is 4.40 Å². The van der Waals surface area contributed by atoms with Gasteiger partial charge in [-0.15, -0.1) is 11.3 Å². The van der Waals surface area contributed by atoms with Crippen molar-refractivity contribution in [3.63, 3.8) is 0 Å². The largest absolute Gasteiger partial charge is 0.381 e. The van der Waals surface area contributed by atoms with Gasteiger partial charge in [0.25, 0.3) is 10.0 Å². The first kappa shape index (κ1) is 13.8. The van der Waals surface area contributed by atoms with Crippen molar-refractivity contribution in [1.29, 1.82) is 0 Å². The van der Waals surface area contributed by atoms with Crippen molar-refractivity contribution >= 4 is 32.1 Å². The first-order chi connectivity index (χ1) is 9.58. The molecule has 2 heterocycles. The van der Waals surface area contributed by atoms with Crippen molar-refractivity contribution in [3.8, 4) is 0 Å². The average molecular weight is 314 g/mol. The number of hydrogen-bond donors (Lipinski definition) is 2. The van der Waals surface area contributed by atoms with Crippen LogP contribution < -0.4 is 10.5 Å². The third-order valence-corrected chi connectivity index (χ3v) is 6.07. The van der Waals surface area contributed by atoms with Crippen LogP contribution in [0.4, 0.5) is 5.82 Å². The smallest absolute Gasteiger partial charge is 0.260 e. The van der Waals surface area contributed by atoms with E-state index in [0.29, 0.717) is 17.4 Å². The molecule has 8 heteroatoms. The number of nitrogens with zero attached hydrogens (tertiary/aromatic N) is 2. The second kappa shape index (κ2) is 5.34. The molecule has 0 atom stereocenters. The van der Waals surface area contributed by atoms with Gasteiger partial charge >= 0.3 is 0 Å². The van der Waals surface area contributed by atoms with Gasteiger partial charge in [-0.05, 0) is 12.3 Å². The number of sulfonamides is 1. The molecule has 1 aliphatic carbocycles. The predicted molar refractivity (Wildman–Crippen MR) is 79.2 cm³/mol. The van der Waals surface area contributed by atoms with Crippen LogP contribution in [-0.2, 0) is 10.0 Å². The lowest BCUT2D eigenvalue weighted by Crippen LogP contribution is -2.27. The molecule has 0 unspecified atom stereocenters. The number of hydrogen-bond acceptors (Lipinski definition) is 5. The summed E-state index contributed by atoms with van der Waals surface area (Å²) in [7, 11) is -3.60. The number of aromatic nitrogens is 2. The van der Waals surface area contributed by atoms with Crippen LogP contribution >= 0.6 is 11.3 Å². The lowest BCUT2D eigenvalue weighted by atomic mass is 10.1. The Bertz CT molecular complexity index is 698. The van der Waals surface area contributed by atoms with E-state index in [9.17, 15) is 8.42 Å². The highest BCUT2D eigenvalue weighted by Gasteiger charge is 2.24. The molecule has 2 aromatic heterocycles. The molecule has 2 aromatic rings. The topological polar surface area (TPSA) is 89.5 Å². The molecule has 0 spiro atoms. The van der Waals surface area contributed by atoms with Crippen LogP contribution in [0.3, 0.4) is 0 Å². The van der Waals surface area contributed by atoms with E-state index >= 15 is 0 Å². The molecule has 0 bridgehead atoms. The van der Waals surface area contributed by atoms with E-state index in [1.807, 2.05) is 0 Å². The summed E-state index contributed by atoms with van der Waals surface area (Å²) in [6.07, 6.45) is 7.53. The van der Waals surface area contributed by atoms with Crippen LogP contribution in [0.1, 0.15) is 32.1 Å². The molecule has 1 saturated carbocycles. The lowest BCUT2D eigenvalue weighted by molar-refractivity contribution is 0.495. The van der Waals surface area contributed by atoms with E-state index in [2.05, 4.69) is 9.71 Å². The van der Waals surface area contributed by atoms with Gasteiger partial charge in [-0.2, -0.15) is 0 Å². The van der Waals surface area contributed by atoms with Gasteiger partial charge in [-0.25, -0.2) is 18.1 Å². The van der Waals surface area contributed by atoms with E-state index in [4.69, 9.17) is 5.73 Å². The van der Waals surface area contributed by atoms with E-state index in [-0.39, 0.29) is 10.8 Å². The minimum Gasteiger partial charge on any atom is -0.381 e. The highest BCUT2D eigenvalue weighted by Crippen LogP contribution is 2.27. The molecule has 1 aliphatic rings. The summed E-state index contributed by atoms with van der Waals surface area (Å²) in [5.74, 6) is 0.715. The second-order valence-electron chi connectivity index (χ2n) is 5.19. The van der Waals surface area contributed by atoms with Gasteiger partial charge in [0.2, 0.25) is 0 Å². The Morgan fingerprint density at radius 3 is 2.95 bits per heavy atom.